The zero-order valence-electron chi connectivity index (χ0n) is 69.6. The third-order valence-electron chi connectivity index (χ3n) is 26.5. The maximum absolute atomic E-state index is 5.27. The van der Waals surface area contributed by atoms with Crippen molar-refractivity contribution < 1.29 is 0 Å². The zero-order valence-corrected chi connectivity index (χ0v) is 71.6. The summed E-state index contributed by atoms with van der Waals surface area (Å²) in [5, 5.41) is 15.4. The summed E-state index contributed by atoms with van der Waals surface area (Å²) in [6, 6.07) is 165. The molecule has 21 aromatic rings. The number of benzene rings is 17. The van der Waals surface area contributed by atoms with Gasteiger partial charge in [-0.05, 0) is 152 Å². The van der Waals surface area contributed by atoms with Crippen LogP contribution in [0.3, 0.4) is 0 Å². The van der Waals surface area contributed by atoms with Crippen molar-refractivity contribution in [1.82, 2.24) is 19.1 Å². The Morgan fingerprint density at radius 2 is 0.512 bits per heavy atom. The Bertz CT molecular complexity index is 6930. The minimum absolute atomic E-state index is 0.320. The number of anilines is 6. The number of rotatable bonds is 16. The van der Waals surface area contributed by atoms with Gasteiger partial charge in [0.1, 0.15) is 0 Å². The van der Waals surface area contributed by atoms with E-state index in [0.717, 1.165) is 112 Å². The number of para-hydroxylation sites is 2. The first-order valence-electron chi connectivity index (χ1n) is 43.4. The molecule has 0 spiro atoms. The number of aromatic nitrogens is 4. The smallest absolute Gasteiger partial charge is 0.252 e. The standard InChI is InChI=1S/C116H85BN6Si2/c1-116(2,3)84-70-111-113-112(71-84)123(115-101(82-42-18-6-19-43-82)78-119-79-102(115)83-44-20-7-21-45-83)110-73-86(121-106-61-37-35-59-96(106)98-75-94(65-69-108(98)121)125(90-52-28-11-29-53-90,91-54-30-12-31-55-91)92-56-32-13-33-57-92)63-67-104(110)117(113)103-66-62-85(72-109(103)122(111)114-99(80-38-14-4-15-39-80)76-118-77-100(114)81-40-16-5-17-41-81)120-105-60-36-34-58-95(105)97-74-93(64-68-107(97)120)124(87-46-22-8-23-47-87,88-48-24-9-25-49-88)89-50-26-10-27-51-89/h4-79H,1-3H3. The summed E-state index contributed by atoms with van der Waals surface area (Å²) in [6.07, 6.45) is 8.40. The molecule has 0 saturated carbocycles. The second-order valence-electron chi connectivity index (χ2n) is 34.3. The molecule has 0 radical (unpaired) electrons. The number of pyridine rings is 2. The van der Waals surface area contributed by atoms with Crippen molar-refractivity contribution in [3.05, 3.63) is 467 Å². The summed E-state index contributed by atoms with van der Waals surface area (Å²) in [6.45, 7) is 6.82. The molecule has 4 aromatic heterocycles. The molecule has 6 heterocycles. The number of hydrogen-bond acceptors (Lipinski definition) is 4. The fraction of sp³-hybridized carbons (Fsp3) is 0.0345. The maximum Gasteiger partial charge on any atom is 0.252 e. The molecule has 0 fully saturated rings. The van der Waals surface area contributed by atoms with Gasteiger partial charge in [0.05, 0.1) is 33.4 Å². The van der Waals surface area contributed by atoms with Crippen molar-refractivity contribution in [2.24, 2.45) is 0 Å². The molecule has 9 heteroatoms. The van der Waals surface area contributed by atoms with Gasteiger partial charge in [0.25, 0.3) is 6.71 Å². The molecule has 0 aliphatic carbocycles. The van der Waals surface area contributed by atoms with Gasteiger partial charge >= 0.3 is 0 Å². The van der Waals surface area contributed by atoms with Gasteiger partial charge in [-0.15, -0.1) is 0 Å². The van der Waals surface area contributed by atoms with Crippen molar-refractivity contribution in [3.63, 3.8) is 0 Å². The van der Waals surface area contributed by atoms with E-state index in [2.05, 4.69) is 501 Å². The predicted octanol–water partition coefficient (Wildman–Crippen LogP) is 21.5. The molecule has 23 rings (SSSR count). The van der Waals surface area contributed by atoms with Gasteiger partial charge in [0, 0.05) is 103 Å². The molecule has 6 nitrogen and oxygen atoms in total. The Morgan fingerprint density at radius 3 is 0.808 bits per heavy atom. The lowest BCUT2D eigenvalue weighted by molar-refractivity contribution is 0.590. The molecule has 0 unspecified atom stereocenters. The third kappa shape index (κ3) is 12.0. The van der Waals surface area contributed by atoms with Gasteiger partial charge in [-0.1, -0.05) is 397 Å². The first-order valence-corrected chi connectivity index (χ1v) is 47.4. The van der Waals surface area contributed by atoms with Crippen LogP contribution >= 0.6 is 0 Å². The Morgan fingerprint density at radius 1 is 0.240 bits per heavy atom. The molecule has 0 N–H and O–H groups in total. The molecule has 17 aromatic carbocycles. The monoisotopic (exact) mass is 1630 g/mol. The van der Waals surface area contributed by atoms with Crippen LogP contribution in [0.2, 0.25) is 0 Å². The average molecular weight is 1630 g/mol. The number of fused-ring (bicyclic) bond motifs is 10. The lowest BCUT2D eigenvalue weighted by atomic mass is 9.33. The summed E-state index contributed by atoms with van der Waals surface area (Å²) >= 11 is 0. The van der Waals surface area contributed by atoms with Crippen LogP contribution in [0.4, 0.5) is 34.1 Å². The molecular weight excluding hydrogens is 1540 g/mol. The lowest BCUT2D eigenvalue weighted by Crippen LogP contribution is -2.74. The van der Waals surface area contributed by atoms with E-state index in [-0.39, 0.29) is 12.1 Å². The van der Waals surface area contributed by atoms with Crippen molar-refractivity contribution in [2.75, 3.05) is 9.80 Å². The molecule has 590 valence electrons. The Labute approximate surface area is 731 Å². The lowest BCUT2D eigenvalue weighted by Gasteiger charge is -2.46. The highest BCUT2D eigenvalue weighted by Gasteiger charge is 2.48. The van der Waals surface area contributed by atoms with Gasteiger partial charge in [-0.3, -0.25) is 9.97 Å². The van der Waals surface area contributed by atoms with Gasteiger partial charge in [0.2, 0.25) is 0 Å². The molecule has 0 amide bonds. The van der Waals surface area contributed by atoms with Crippen LogP contribution in [-0.4, -0.2) is 42.0 Å². The van der Waals surface area contributed by atoms with E-state index in [0.29, 0.717) is 0 Å². The van der Waals surface area contributed by atoms with Crippen LogP contribution in [0, 0.1) is 0 Å². The zero-order chi connectivity index (χ0) is 83.3. The number of nitrogens with zero attached hydrogens (tertiary/aromatic N) is 6. The van der Waals surface area contributed by atoms with Crippen molar-refractivity contribution in [1.29, 1.82) is 0 Å². The van der Waals surface area contributed by atoms with Gasteiger partial charge in [0.15, 0.2) is 16.1 Å². The minimum atomic E-state index is -2.98. The highest BCUT2D eigenvalue weighted by Crippen LogP contribution is 2.54. The molecular formula is C116H85BN6Si2. The van der Waals surface area contributed by atoms with Crippen LogP contribution in [0.25, 0.3) is 99.5 Å². The SMILES string of the molecule is CC(C)(C)c1cc2c3c(c1)N(c1c(-c4ccccc4)cncc1-c1ccccc1)c1cc(-n4c5ccccc5c5cc([Si](c6ccccc6)(c6ccccc6)c6ccccc6)ccc54)ccc1B3c1ccc(-n3c4ccccc4c4cc([Si](c5ccccc5)(c5ccccc5)c5ccccc5)ccc43)cc1N2c1c(-c2ccccc2)cncc1-c1ccccc1. The summed E-state index contributed by atoms with van der Waals surface area (Å²) in [5.41, 5.74) is 25.7. The molecule has 0 atom stereocenters. The van der Waals surface area contributed by atoms with E-state index >= 15 is 0 Å². The topological polar surface area (TPSA) is 42.1 Å². The highest BCUT2D eigenvalue weighted by atomic mass is 28.3. The van der Waals surface area contributed by atoms with Crippen LogP contribution < -0.4 is 67.7 Å². The largest absolute Gasteiger partial charge is 0.310 e. The second-order valence-corrected chi connectivity index (χ2v) is 41.9. The van der Waals surface area contributed by atoms with Crippen LogP contribution in [-0.2, 0) is 5.41 Å². The molecule has 0 saturated heterocycles. The van der Waals surface area contributed by atoms with E-state index in [4.69, 9.17) is 9.97 Å². The van der Waals surface area contributed by atoms with Crippen molar-refractivity contribution >= 4 is 158 Å². The molecule has 0 bridgehead atoms. The number of hydrogen-bond donors (Lipinski definition) is 0. The van der Waals surface area contributed by atoms with Crippen molar-refractivity contribution in [2.45, 2.75) is 26.2 Å². The summed E-state index contributed by atoms with van der Waals surface area (Å²) in [5.74, 6) is 0. The average Bonchev–Trinajstić information content (AvgIpc) is 0.887. The normalized spacial score (nSPS) is 12.6. The predicted molar refractivity (Wildman–Crippen MR) is 532 cm³/mol. The summed E-state index contributed by atoms with van der Waals surface area (Å²) < 4.78 is 5.09. The summed E-state index contributed by atoms with van der Waals surface area (Å²) in [7, 11) is -5.96. The van der Waals surface area contributed by atoms with E-state index in [9.17, 15) is 0 Å². The van der Waals surface area contributed by atoms with Gasteiger partial charge < -0.3 is 18.9 Å². The molecule has 125 heavy (non-hydrogen) atoms. The van der Waals surface area contributed by atoms with E-state index in [1.807, 2.05) is 0 Å². The first-order chi connectivity index (χ1) is 61.7. The minimum Gasteiger partial charge on any atom is -0.310 e. The van der Waals surface area contributed by atoms with E-state index < -0.39 is 16.1 Å². The Balaban J connectivity index is 0.825. The van der Waals surface area contributed by atoms with Crippen LogP contribution in [0.15, 0.2) is 462 Å². The fourth-order valence-electron chi connectivity index (χ4n) is 21.0. The first kappa shape index (κ1) is 74.8. The van der Waals surface area contributed by atoms with Crippen LogP contribution in [0.5, 0.6) is 0 Å². The Kier molecular flexibility index (Phi) is 18.2. The van der Waals surface area contributed by atoms with Crippen LogP contribution in [0.1, 0.15) is 26.3 Å². The Hall–Kier alpha value is -15.3. The third-order valence-corrected chi connectivity index (χ3v) is 36.0. The maximum atomic E-state index is 5.27. The second kappa shape index (κ2) is 30.4. The van der Waals surface area contributed by atoms with E-state index in [1.54, 1.807) is 0 Å². The fourth-order valence-corrected chi connectivity index (χ4v) is 30.5. The van der Waals surface area contributed by atoms with E-state index in [1.165, 1.54) is 85.0 Å². The summed E-state index contributed by atoms with van der Waals surface area (Å²) in [4.78, 5) is 15.9. The highest BCUT2D eigenvalue weighted by molar-refractivity contribution is 7.20. The molecule has 2 aliphatic heterocycles. The molecule has 2 aliphatic rings. The van der Waals surface area contributed by atoms with Gasteiger partial charge in [-0.2, -0.15) is 0 Å². The van der Waals surface area contributed by atoms with Crippen molar-refractivity contribution in [3.8, 4) is 55.9 Å². The quantitative estimate of drug-likeness (QED) is 0.0714. The van der Waals surface area contributed by atoms with Gasteiger partial charge in [-0.25, -0.2) is 0 Å².